The number of esters is 1. The molecule has 4 rings (SSSR count). The molecule has 0 spiro atoms. The van der Waals surface area contributed by atoms with Crippen molar-refractivity contribution in [2.75, 3.05) is 26.7 Å². The zero-order valence-corrected chi connectivity index (χ0v) is 20.4. The number of nitrogens with zero attached hydrogens (tertiary/aromatic N) is 2. The molecular weight excluding hydrogens is 506 g/mol. The van der Waals surface area contributed by atoms with Gasteiger partial charge in [0.15, 0.2) is 0 Å². The number of halogens is 5. The van der Waals surface area contributed by atoms with Gasteiger partial charge in [0.05, 0.1) is 34.8 Å². The first-order valence-electron chi connectivity index (χ1n) is 10.7. The molecule has 2 heterocycles. The number of hydrogen-bond acceptors (Lipinski definition) is 4. The van der Waals surface area contributed by atoms with E-state index in [0.717, 1.165) is 0 Å². The molecule has 0 aliphatic carbocycles. The molecule has 1 aliphatic heterocycles. The standard InChI is InChI=1S/C24H22Cl2F3N3O3/c1-31-18-8-7-17(25)20(26)16(18)11-19(31)21(33)30-23(9-10-32(12-23)13-24(27,28)29)15-5-3-14(4-6-15)22(34)35-2/h3-8,11H,9-10,12-13H2,1-2H3,(H,30,33). The SMILES string of the molecule is COC(=O)c1ccc(C2(NC(=O)c3cc4c(Cl)c(Cl)ccc4n3C)CCN(CC(F)(F)F)C2)cc1. The zero-order valence-electron chi connectivity index (χ0n) is 18.9. The number of carbonyl (C=O) groups excluding carboxylic acids is 2. The number of alkyl halides is 3. The molecule has 6 nitrogen and oxygen atoms in total. The van der Waals surface area contributed by atoms with Crippen molar-refractivity contribution in [3.63, 3.8) is 0 Å². The van der Waals surface area contributed by atoms with Crippen LogP contribution in [0.3, 0.4) is 0 Å². The fraction of sp³-hybridized carbons (Fsp3) is 0.333. The summed E-state index contributed by atoms with van der Waals surface area (Å²) in [5.74, 6) is -1.01. The Morgan fingerprint density at radius 3 is 2.46 bits per heavy atom. The third kappa shape index (κ3) is 4.98. The Hall–Kier alpha value is -2.75. The van der Waals surface area contributed by atoms with E-state index in [1.54, 1.807) is 41.9 Å². The molecule has 1 aliphatic rings. The van der Waals surface area contributed by atoms with Crippen molar-refractivity contribution in [3.8, 4) is 0 Å². The van der Waals surface area contributed by atoms with Crippen molar-refractivity contribution >= 4 is 46.0 Å². The van der Waals surface area contributed by atoms with Gasteiger partial charge in [-0.1, -0.05) is 35.3 Å². The van der Waals surface area contributed by atoms with Crippen LogP contribution < -0.4 is 5.32 Å². The number of aryl methyl sites for hydroxylation is 1. The van der Waals surface area contributed by atoms with Crippen LogP contribution in [0.25, 0.3) is 10.9 Å². The Morgan fingerprint density at radius 2 is 1.83 bits per heavy atom. The van der Waals surface area contributed by atoms with E-state index >= 15 is 0 Å². The van der Waals surface area contributed by atoms with Crippen molar-refractivity contribution in [1.29, 1.82) is 0 Å². The first kappa shape index (κ1) is 25.3. The average molecular weight is 528 g/mol. The summed E-state index contributed by atoms with van der Waals surface area (Å²) in [6, 6.07) is 11.3. The van der Waals surface area contributed by atoms with Crippen LogP contribution in [-0.2, 0) is 17.3 Å². The summed E-state index contributed by atoms with van der Waals surface area (Å²) in [5, 5.41) is 4.22. The lowest BCUT2D eigenvalue weighted by Crippen LogP contribution is -2.49. The van der Waals surface area contributed by atoms with Gasteiger partial charge in [0, 0.05) is 31.0 Å². The fourth-order valence-corrected chi connectivity index (χ4v) is 4.96. The van der Waals surface area contributed by atoms with E-state index in [-0.39, 0.29) is 25.2 Å². The van der Waals surface area contributed by atoms with Crippen LogP contribution in [-0.4, -0.2) is 54.3 Å². The molecule has 1 fully saturated rings. The minimum absolute atomic E-state index is 0.0493. The number of benzene rings is 2. The Balaban J connectivity index is 1.70. The predicted octanol–water partition coefficient (Wildman–Crippen LogP) is 5.17. The fourth-order valence-electron chi connectivity index (χ4n) is 4.58. The second-order valence-electron chi connectivity index (χ2n) is 8.56. The minimum atomic E-state index is -4.37. The zero-order chi connectivity index (χ0) is 25.5. The maximum Gasteiger partial charge on any atom is 0.401 e. The highest BCUT2D eigenvalue weighted by Crippen LogP contribution is 2.36. The summed E-state index contributed by atoms with van der Waals surface area (Å²) in [7, 11) is 2.96. The van der Waals surface area contributed by atoms with E-state index in [2.05, 4.69) is 5.32 Å². The minimum Gasteiger partial charge on any atom is -0.465 e. The predicted molar refractivity (Wildman–Crippen MR) is 127 cm³/mol. The molecule has 1 aromatic heterocycles. The monoisotopic (exact) mass is 527 g/mol. The topological polar surface area (TPSA) is 63.6 Å². The summed E-state index contributed by atoms with van der Waals surface area (Å²) in [6.45, 7) is -1.01. The first-order chi connectivity index (χ1) is 16.4. The largest absolute Gasteiger partial charge is 0.465 e. The lowest BCUT2D eigenvalue weighted by Gasteiger charge is -2.32. The number of likely N-dealkylation sites (tertiary alicyclic amines) is 1. The van der Waals surface area contributed by atoms with Crippen molar-refractivity contribution in [2.45, 2.75) is 18.1 Å². The third-order valence-corrected chi connectivity index (χ3v) is 7.13. The number of methoxy groups -OCH3 is 1. The Bertz CT molecular complexity index is 1290. The number of fused-ring (bicyclic) bond motifs is 1. The van der Waals surface area contributed by atoms with Gasteiger partial charge < -0.3 is 14.6 Å². The summed E-state index contributed by atoms with van der Waals surface area (Å²) >= 11 is 12.4. The smallest absolute Gasteiger partial charge is 0.401 e. The van der Waals surface area contributed by atoms with Gasteiger partial charge in [0.2, 0.25) is 0 Å². The lowest BCUT2D eigenvalue weighted by atomic mass is 9.88. The van der Waals surface area contributed by atoms with E-state index < -0.39 is 30.1 Å². The molecular formula is C24H22Cl2F3N3O3. The van der Waals surface area contributed by atoms with Crippen LogP contribution in [0.1, 0.15) is 32.8 Å². The molecule has 3 aromatic rings. The van der Waals surface area contributed by atoms with Crippen molar-refractivity contribution < 1.29 is 27.5 Å². The first-order valence-corrected chi connectivity index (χ1v) is 11.4. The van der Waals surface area contributed by atoms with Crippen molar-refractivity contribution in [1.82, 2.24) is 14.8 Å². The highest BCUT2D eigenvalue weighted by Gasteiger charge is 2.44. The van der Waals surface area contributed by atoms with Crippen LogP contribution in [0.5, 0.6) is 0 Å². The van der Waals surface area contributed by atoms with Crippen molar-refractivity contribution in [3.05, 3.63) is 69.3 Å². The maximum atomic E-state index is 13.5. The molecule has 1 N–H and O–H groups in total. The van der Waals surface area contributed by atoms with Gasteiger partial charge in [-0.2, -0.15) is 13.2 Å². The van der Waals surface area contributed by atoms with Gasteiger partial charge in [0.1, 0.15) is 5.69 Å². The van der Waals surface area contributed by atoms with Crippen LogP contribution in [0, 0.1) is 0 Å². The summed E-state index contributed by atoms with van der Waals surface area (Å²) in [6.07, 6.45) is -4.12. The van der Waals surface area contributed by atoms with E-state index in [0.29, 0.717) is 32.1 Å². The number of aromatic nitrogens is 1. The summed E-state index contributed by atoms with van der Waals surface area (Å²) in [4.78, 5) is 26.5. The molecule has 1 saturated heterocycles. The molecule has 1 atom stereocenters. The van der Waals surface area contributed by atoms with E-state index in [1.807, 2.05) is 0 Å². The second-order valence-corrected chi connectivity index (χ2v) is 9.35. The third-order valence-electron chi connectivity index (χ3n) is 6.31. The Morgan fingerprint density at radius 1 is 1.14 bits per heavy atom. The van der Waals surface area contributed by atoms with Crippen LogP contribution in [0.15, 0.2) is 42.5 Å². The molecule has 1 amide bonds. The summed E-state index contributed by atoms with van der Waals surface area (Å²) < 4.78 is 45.7. The van der Waals surface area contributed by atoms with Gasteiger partial charge in [-0.3, -0.25) is 9.69 Å². The van der Waals surface area contributed by atoms with Gasteiger partial charge >= 0.3 is 12.1 Å². The molecule has 0 bridgehead atoms. The average Bonchev–Trinajstić information content (AvgIpc) is 3.36. The normalized spacial score (nSPS) is 18.7. The number of carbonyl (C=O) groups is 2. The van der Waals surface area contributed by atoms with Gasteiger partial charge in [-0.25, -0.2) is 4.79 Å². The lowest BCUT2D eigenvalue weighted by molar-refractivity contribution is -0.144. The highest BCUT2D eigenvalue weighted by atomic mass is 35.5. The molecule has 11 heteroatoms. The quantitative estimate of drug-likeness (QED) is 0.465. The molecule has 0 radical (unpaired) electrons. The van der Waals surface area contributed by atoms with E-state index in [9.17, 15) is 22.8 Å². The number of ether oxygens (including phenoxy) is 1. The van der Waals surface area contributed by atoms with E-state index in [1.165, 1.54) is 24.1 Å². The van der Waals surface area contributed by atoms with E-state index in [4.69, 9.17) is 27.9 Å². The maximum absolute atomic E-state index is 13.5. The molecule has 0 saturated carbocycles. The summed E-state index contributed by atoms with van der Waals surface area (Å²) in [5.41, 5.74) is 0.746. The number of nitrogens with one attached hydrogen (secondary N) is 1. The number of hydrogen-bond donors (Lipinski definition) is 1. The number of rotatable bonds is 5. The van der Waals surface area contributed by atoms with Gasteiger partial charge in [-0.05, 0) is 42.3 Å². The Kier molecular flexibility index (Phi) is 6.78. The van der Waals surface area contributed by atoms with Gasteiger partial charge in [-0.15, -0.1) is 0 Å². The highest BCUT2D eigenvalue weighted by molar-refractivity contribution is 6.45. The van der Waals surface area contributed by atoms with Crippen LogP contribution >= 0.6 is 23.2 Å². The van der Waals surface area contributed by atoms with Crippen LogP contribution in [0.4, 0.5) is 13.2 Å². The molecule has 1 unspecified atom stereocenters. The van der Waals surface area contributed by atoms with Crippen LogP contribution in [0.2, 0.25) is 10.0 Å². The second kappa shape index (κ2) is 9.37. The number of amides is 1. The molecule has 35 heavy (non-hydrogen) atoms. The van der Waals surface area contributed by atoms with Crippen molar-refractivity contribution in [2.24, 2.45) is 7.05 Å². The Labute approximate surface area is 209 Å². The van der Waals surface area contributed by atoms with Gasteiger partial charge in [0.25, 0.3) is 5.91 Å². The molecule has 186 valence electrons. The molecule has 2 aromatic carbocycles.